The molecule has 2 N–H and O–H groups in total. The van der Waals surface area contributed by atoms with Crippen molar-refractivity contribution in [2.45, 2.75) is 12.5 Å². The zero-order valence-electron chi connectivity index (χ0n) is 6.85. The van der Waals surface area contributed by atoms with Crippen LogP contribution in [-0.2, 0) is 0 Å². The van der Waals surface area contributed by atoms with Crippen molar-refractivity contribution >= 4 is 23.2 Å². The molecule has 2 nitrogen and oxygen atoms in total. The van der Waals surface area contributed by atoms with Crippen molar-refractivity contribution in [2.75, 3.05) is 6.54 Å². The smallest absolute Gasteiger partial charge is 0.121 e. The molecule has 0 saturated carbocycles. The van der Waals surface area contributed by atoms with Crippen molar-refractivity contribution in [1.29, 1.82) is 0 Å². The normalized spacial score (nSPS) is 21.2. The Balaban J connectivity index is 2.39. The van der Waals surface area contributed by atoms with Gasteiger partial charge in [0.2, 0.25) is 0 Å². The second kappa shape index (κ2) is 3.37. The first-order valence-electron chi connectivity index (χ1n) is 4.10. The van der Waals surface area contributed by atoms with Gasteiger partial charge in [-0.1, -0.05) is 23.2 Å². The highest BCUT2D eigenvalue weighted by atomic mass is 35.5. The van der Waals surface area contributed by atoms with Crippen LogP contribution in [0.15, 0.2) is 12.1 Å². The number of halogens is 2. The topological polar surface area (TPSA) is 32.3 Å². The molecule has 1 aliphatic rings. The van der Waals surface area contributed by atoms with Gasteiger partial charge >= 0.3 is 0 Å². The molecule has 0 unspecified atom stereocenters. The van der Waals surface area contributed by atoms with Crippen LogP contribution in [0.1, 0.15) is 18.0 Å². The van der Waals surface area contributed by atoms with Crippen LogP contribution in [0.25, 0.3) is 0 Å². The van der Waals surface area contributed by atoms with Crippen molar-refractivity contribution in [1.82, 2.24) is 5.32 Å². The first-order valence-corrected chi connectivity index (χ1v) is 4.85. The monoisotopic (exact) mass is 217 g/mol. The summed E-state index contributed by atoms with van der Waals surface area (Å²) in [4.78, 5) is 0. The maximum absolute atomic E-state index is 9.57. The quantitative estimate of drug-likeness (QED) is 0.759. The third-order valence-electron chi connectivity index (χ3n) is 2.27. The number of phenols is 1. The summed E-state index contributed by atoms with van der Waals surface area (Å²) in [6.45, 7) is 0.990. The van der Waals surface area contributed by atoms with Gasteiger partial charge in [-0.2, -0.15) is 0 Å². The average molecular weight is 218 g/mol. The number of hydrogen-bond acceptors (Lipinski definition) is 2. The molecule has 0 amide bonds. The van der Waals surface area contributed by atoms with Crippen LogP contribution in [0.4, 0.5) is 0 Å². The fourth-order valence-electron chi connectivity index (χ4n) is 1.38. The van der Waals surface area contributed by atoms with Crippen molar-refractivity contribution < 1.29 is 5.11 Å². The van der Waals surface area contributed by atoms with Crippen LogP contribution in [0, 0.1) is 0 Å². The van der Waals surface area contributed by atoms with Gasteiger partial charge in [-0.25, -0.2) is 0 Å². The van der Waals surface area contributed by atoms with Gasteiger partial charge in [0.15, 0.2) is 0 Å². The summed E-state index contributed by atoms with van der Waals surface area (Å²) < 4.78 is 0. The van der Waals surface area contributed by atoms with E-state index in [9.17, 15) is 5.11 Å². The fraction of sp³-hybridized carbons (Fsp3) is 0.333. The Morgan fingerprint density at radius 3 is 2.46 bits per heavy atom. The van der Waals surface area contributed by atoms with E-state index in [0.717, 1.165) is 18.5 Å². The standard InChI is InChI=1S/C9H9Cl2NO/c10-6-3-5(8-1-2-12-8)9(13)4-7(6)11/h3-4,8,12-13H,1-2H2/t8-/m1/s1. The SMILES string of the molecule is Oc1cc(Cl)c(Cl)cc1[C@H]1CCN1. The lowest BCUT2D eigenvalue weighted by Crippen LogP contribution is -2.34. The molecule has 1 saturated heterocycles. The van der Waals surface area contributed by atoms with Gasteiger partial charge in [0, 0.05) is 17.7 Å². The van der Waals surface area contributed by atoms with E-state index in [0.29, 0.717) is 10.0 Å². The van der Waals surface area contributed by atoms with Crippen molar-refractivity contribution in [3.05, 3.63) is 27.7 Å². The minimum absolute atomic E-state index is 0.214. The van der Waals surface area contributed by atoms with E-state index in [4.69, 9.17) is 23.2 Å². The molecule has 1 heterocycles. The van der Waals surface area contributed by atoms with Gasteiger partial charge in [0.1, 0.15) is 5.75 Å². The van der Waals surface area contributed by atoms with Crippen molar-refractivity contribution in [3.63, 3.8) is 0 Å². The predicted octanol–water partition coefficient (Wildman–Crippen LogP) is 2.73. The molecule has 70 valence electrons. The first kappa shape index (κ1) is 9.13. The Hall–Kier alpha value is -0.440. The van der Waals surface area contributed by atoms with Crippen molar-refractivity contribution in [2.24, 2.45) is 0 Å². The lowest BCUT2D eigenvalue weighted by atomic mass is 9.97. The Morgan fingerprint density at radius 2 is 1.92 bits per heavy atom. The molecular weight excluding hydrogens is 209 g/mol. The second-order valence-electron chi connectivity index (χ2n) is 3.12. The summed E-state index contributed by atoms with van der Waals surface area (Å²) in [6, 6.07) is 3.43. The summed E-state index contributed by atoms with van der Waals surface area (Å²) in [5, 5.41) is 13.6. The van der Waals surface area contributed by atoms with Crippen LogP contribution in [0.3, 0.4) is 0 Å². The fourth-order valence-corrected chi connectivity index (χ4v) is 1.71. The van der Waals surface area contributed by atoms with E-state index in [1.165, 1.54) is 6.07 Å². The van der Waals surface area contributed by atoms with Crippen LogP contribution >= 0.6 is 23.2 Å². The van der Waals surface area contributed by atoms with Gasteiger partial charge < -0.3 is 10.4 Å². The summed E-state index contributed by atoms with van der Waals surface area (Å²) >= 11 is 11.6. The van der Waals surface area contributed by atoms with E-state index in [1.54, 1.807) is 6.07 Å². The zero-order chi connectivity index (χ0) is 9.42. The minimum atomic E-state index is 0.214. The molecule has 1 aromatic rings. The lowest BCUT2D eigenvalue weighted by Gasteiger charge is -2.28. The molecular formula is C9H9Cl2NO. The summed E-state index contributed by atoms with van der Waals surface area (Å²) in [7, 11) is 0. The molecule has 4 heteroatoms. The van der Waals surface area contributed by atoms with Crippen LogP contribution < -0.4 is 5.32 Å². The maximum atomic E-state index is 9.57. The molecule has 0 aliphatic carbocycles. The van der Waals surface area contributed by atoms with E-state index in [1.807, 2.05) is 0 Å². The van der Waals surface area contributed by atoms with E-state index in [-0.39, 0.29) is 11.8 Å². The van der Waals surface area contributed by atoms with Gasteiger partial charge in [0.05, 0.1) is 10.0 Å². The highest BCUT2D eigenvalue weighted by Crippen LogP contribution is 2.36. The molecule has 2 rings (SSSR count). The molecule has 13 heavy (non-hydrogen) atoms. The molecule has 0 bridgehead atoms. The van der Waals surface area contributed by atoms with Crippen LogP contribution in [0.5, 0.6) is 5.75 Å². The first-order chi connectivity index (χ1) is 6.18. The van der Waals surface area contributed by atoms with Crippen LogP contribution in [-0.4, -0.2) is 11.7 Å². The third kappa shape index (κ3) is 1.62. The number of nitrogens with one attached hydrogen (secondary N) is 1. The molecule has 0 spiro atoms. The number of hydrogen-bond donors (Lipinski definition) is 2. The zero-order valence-corrected chi connectivity index (χ0v) is 8.36. The van der Waals surface area contributed by atoms with E-state index >= 15 is 0 Å². The molecule has 1 fully saturated rings. The van der Waals surface area contributed by atoms with Gasteiger partial charge in [0.25, 0.3) is 0 Å². The average Bonchev–Trinajstić information content (AvgIpc) is 1.96. The number of aromatic hydroxyl groups is 1. The Morgan fingerprint density at radius 1 is 1.31 bits per heavy atom. The number of phenolic OH excluding ortho intramolecular Hbond substituents is 1. The lowest BCUT2D eigenvalue weighted by molar-refractivity contribution is 0.364. The minimum Gasteiger partial charge on any atom is -0.508 e. The maximum Gasteiger partial charge on any atom is 0.121 e. The largest absolute Gasteiger partial charge is 0.508 e. The number of rotatable bonds is 1. The Bertz CT molecular complexity index is 337. The van der Waals surface area contributed by atoms with Gasteiger partial charge in [-0.15, -0.1) is 0 Å². The van der Waals surface area contributed by atoms with Gasteiger partial charge in [-0.3, -0.25) is 0 Å². The van der Waals surface area contributed by atoms with Crippen LogP contribution in [0.2, 0.25) is 10.0 Å². The summed E-state index contributed by atoms with van der Waals surface area (Å²) in [6.07, 6.45) is 1.03. The molecule has 0 radical (unpaired) electrons. The Kier molecular flexibility index (Phi) is 2.37. The van der Waals surface area contributed by atoms with E-state index in [2.05, 4.69) is 5.32 Å². The molecule has 0 aromatic heterocycles. The van der Waals surface area contributed by atoms with Crippen molar-refractivity contribution in [3.8, 4) is 5.75 Å². The van der Waals surface area contributed by atoms with Gasteiger partial charge in [-0.05, 0) is 19.0 Å². The number of benzene rings is 1. The highest BCUT2D eigenvalue weighted by molar-refractivity contribution is 6.42. The molecule has 1 atom stereocenters. The third-order valence-corrected chi connectivity index (χ3v) is 2.99. The predicted molar refractivity (Wildman–Crippen MR) is 53.5 cm³/mol. The second-order valence-corrected chi connectivity index (χ2v) is 3.93. The highest BCUT2D eigenvalue weighted by Gasteiger charge is 2.22. The van der Waals surface area contributed by atoms with E-state index < -0.39 is 0 Å². The summed E-state index contributed by atoms with van der Waals surface area (Å²) in [5.41, 5.74) is 0.834. The molecule has 1 aliphatic heterocycles. The Labute approximate surface area is 86.5 Å². The molecule has 1 aromatic carbocycles. The summed E-state index contributed by atoms with van der Waals surface area (Å²) in [5.74, 6) is 0.214.